The second-order valence-corrected chi connectivity index (χ2v) is 2.48. The van der Waals surface area contributed by atoms with E-state index in [2.05, 4.69) is 9.97 Å². The Hall–Kier alpha value is -1.18. The van der Waals surface area contributed by atoms with Crippen molar-refractivity contribution in [3.8, 4) is 0 Å². The Balaban J connectivity index is 3.08. The molecule has 1 heterocycles. The highest BCUT2D eigenvalue weighted by molar-refractivity contribution is 5.44. The molecule has 0 fully saturated rings. The molecule has 0 amide bonds. The number of aromatic nitrogens is 2. The molecule has 0 atom stereocenters. The molecular weight excluding hydrogens is 136 g/mol. The molecule has 0 aliphatic carbocycles. The van der Waals surface area contributed by atoms with Gasteiger partial charge in [-0.05, 0) is 32.9 Å². The van der Waals surface area contributed by atoms with Gasteiger partial charge in [0.1, 0.15) is 5.82 Å². The minimum atomic E-state index is 0.832. The molecule has 2 heteroatoms. The van der Waals surface area contributed by atoms with Gasteiger partial charge in [0.2, 0.25) is 0 Å². The molecule has 0 aromatic carbocycles. The van der Waals surface area contributed by atoms with Gasteiger partial charge in [-0.1, -0.05) is 6.08 Å². The van der Waals surface area contributed by atoms with Crippen molar-refractivity contribution in [1.29, 1.82) is 0 Å². The molecule has 1 aromatic heterocycles. The maximum Gasteiger partial charge on any atom is 0.126 e. The summed E-state index contributed by atoms with van der Waals surface area (Å²) < 4.78 is 0. The number of hydrogen-bond acceptors (Lipinski definition) is 2. The summed E-state index contributed by atoms with van der Waals surface area (Å²) in [5.41, 5.74) is 2.00. The average Bonchev–Trinajstić information content (AvgIpc) is 1.85. The van der Waals surface area contributed by atoms with E-state index in [1.54, 1.807) is 0 Å². The fourth-order valence-corrected chi connectivity index (χ4v) is 1.00. The van der Waals surface area contributed by atoms with Crippen LogP contribution in [-0.2, 0) is 0 Å². The number of rotatable bonds is 1. The maximum absolute atomic E-state index is 4.23. The fraction of sp³-hybridized carbons (Fsp3) is 0.333. The molecule has 0 spiro atoms. The first-order valence-corrected chi connectivity index (χ1v) is 3.67. The number of allylic oxidation sites excluding steroid dienone is 1. The summed E-state index contributed by atoms with van der Waals surface area (Å²) in [4.78, 5) is 8.40. The zero-order valence-corrected chi connectivity index (χ0v) is 7.13. The van der Waals surface area contributed by atoms with E-state index >= 15 is 0 Å². The zero-order chi connectivity index (χ0) is 8.27. The molecule has 0 N–H and O–H groups in total. The quantitative estimate of drug-likeness (QED) is 0.609. The Kier molecular flexibility index (Phi) is 2.36. The molecule has 58 valence electrons. The second kappa shape index (κ2) is 3.28. The molecule has 0 saturated carbocycles. The summed E-state index contributed by atoms with van der Waals surface area (Å²) in [5, 5.41) is 0. The summed E-state index contributed by atoms with van der Waals surface area (Å²) >= 11 is 0. The van der Waals surface area contributed by atoms with Crippen LogP contribution in [0.25, 0.3) is 6.08 Å². The lowest BCUT2D eigenvalue weighted by Crippen LogP contribution is -1.92. The van der Waals surface area contributed by atoms with Crippen molar-refractivity contribution < 1.29 is 0 Å². The van der Waals surface area contributed by atoms with E-state index < -0.39 is 0 Å². The van der Waals surface area contributed by atoms with Gasteiger partial charge in [0.05, 0.1) is 5.69 Å². The van der Waals surface area contributed by atoms with E-state index in [1.807, 2.05) is 39.0 Å². The molecule has 0 saturated heterocycles. The topological polar surface area (TPSA) is 25.8 Å². The lowest BCUT2D eigenvalue weighted by atomic mass is 10.3. The summed E-state index contributed by atoms with van der Waals surface area (Å²) in [6.07, 6.45) is 3.95. The first-order chi connectivity index (χ1) is 5.22. The van der Waals surface area contributed by atoms with Gasteiger partial charge in [0, 0.05) is 5.69 Å². The largest absolute Gasteiger partial charge is 0.239 e. The van der Waals surface area contributed by atoms with Crippen molar-refractivity contribution in [3.63, 3.8) is 0 Å². The van der Waals surface area contributed by atoms with Gasteiger partial charge in [0.25, 0.3) is 0 Å². The average molecular weight is 148 g/mol. The van der Waals surface area contributed by atoms with E-state index in [4.69, 9.17) is 0 Å². The van der Waals surface area contributed by atoms with Crippen LogP contribution in [0, 0.1) is 13.8 Å². The van der Waals surface area contributed by atoms with E-state index in [0.29, 0.717) is 0 Å². The van der Waals surface area contributed by atoms with Crippen LogP contribution >= 0.6 is 0 Å². The Bertz CT molecular complexity index is 257. The van der Waals surface area contributed by atoms with Crippen LogP contribution in [0.2, 0.25) is 0 Å². The van der Waals surface area contributed by atoms with Gasteiger partial charge in [0.15, 0.2) is 0 Å². The van der Waals surface area contributed by atoms with Crippen molar-refractivity contribution in [2.75, 3.05) is 0 Å². The highest BCUT2D eigenvalue weighted by Gasteiger charge is 1.92. The standard InChI is InChI=1S/C9H12N2/c1-4-5-9-6-7(2)10-8(3)11-9/h4-6H,1-3H3. The summed E-state index contributed by atoms with van der Waals surface area (Å²) in [6, 6.07) is 1.97. The molecule has 0 radical (unpaired) electrons. The lowest BCUT2D eigenvalue weighted by Gasteiger charge is -1.96. The van der Waals surface area contributed by atoms with Crippen LogP contribution in [-0.4, -0.2) is 9.97 Å². The first kappa shape index (κ1) is 7.92. The summed E-state index contributed by atoms with van der Waals surface area (Å²) in [7, 11) is 0. The molecule has 1 aromatic rings. The maximum atomic E-state index is 4.23. The SMILES string of the molecule is CC=Cc1cc(C)nc(C)n1. The van der Waals surface area contributed by atoms with Gasteiger partial charge in [-0.25, -0.2) is 9.97 Å². The van der Waals surface area contributed by atoms with Crippen molar-refractivity contribution in [1.82, 2.24) is 9.97 Å². The first-order valence-electron chi connectivity index (χ1n) is 3.67. The molecule has 0 unspecified atom stereocenters. The number of hydrogen-bond donors (Lipinski definition) is 0. The normalized spacial score (nSPS) is 10.8. The van der Waals surface area contributed by atoms with E-state index in [1.165, 1.54) is 0 Å². The van der Waals surface area contributed by atoms with Gasteiger partial charge in [-0.2, -0.15) is 0 Å². The Morgan fingerprint density at radius 3 is 2.55 bits per heavy atom. The molecule has 11 heavy (non-hydrogen) atoms. The van der Waals surface area contributed by atoms with Crippen LogP contribution in [0.3, 0.4) is 0 Å². The van der Waals surface area contributed by atoms with E-state index in [-0.39, 0.29) is 0 Å². The third kappa shape index (κ3) is 2.15. The Morgan fingerprint density at radius 1 is 1.27 bits per heavy atom. The van der Waals surface area contributed by atoms with Gasteiger partial charge < -0.3 is 0 Å². The smallest absolute Gasteiger partial charge is 0.126 e. The molecular formula is C9H12N2. The lowest BCUT2D eigenvalue weighted by molar-refractivity contribution is 1.00. The van der Waals surface area contributed by atoms with Crippen molar-refractivity contribution in [3.05, 3.63) is 29.4 Å². The van der Waals surface area contributed by atoms with Crippen molar-refractivity contribution in [2.45, 2.75) is 20.8 Å². The fourth-order valence-electron chi connectivity index (χ4n) is 1.00. The Labute approximate surface area is 67.0 Å². The minimum absolute atomic E-state index is 0.832. The van der Waals surface area contributed by atoms with Gasteiger partial charge in [-0.15, -0.1) is 0 Å². The van der Waals surface area contributed by atoms with Gasteiger partial charge >= 0.3 is 0 Å². The highest BCUT2D eigenvalue weighted by atomic mass is 14.9. The van der Waals surface area contributed by atoms with E-state index in [9.17, 15) is 0 Å². The third-order valence-corrected chi connectivity index (χ3v) is 1.32. The van der Waals surface area contributed by atoms with Crippen LogP contribution < -0.4 is 0 Å². The predicted octanol–water partition coefficient (Wildman–Crippen LogP) is 2.13. The van der Waals surface area contributed by atoms with Crippen LogP contribution in [0.1, 0.15) is 24.1 Å². The van der Waals surface area contributed by atoms with E-state index in [0.717, 1.165) is 17.2 Å². The number of nitrogens with zero attached hydrogens (tertiary/aromatic N) is 2. The monoisotopic (exact) mass is 148 g/mol. The molecule has 0 aliphatic rings. The second-order valence-electron chi connectivity index (χ2n) is 2.48. The van der Waals surface area contributed by atoms with Crippen LogP contribution in [0.5, 0.6) is 0 Å². The van der Waals surface area contributed by atoms with Crippen molar-refractivity contribution >= 4 is 6.08 Å². The molecule has 0 bridgehead atoms. The van der Waals surface area contributed by atoms with Crippen LogP contribution in [0.15, 0.2) is 12.1 Å². The minimum Gasteiger partial charge on any atom is -0.239 e. The Morgan fingerprint density at radius 2 is 2.00 bits per heavy atom. The third-order valence-electron chi connectivity index (χ3n) is 1.32. The number of aryl methyl sites for hydroxylation is 2. The zero-order valence-electron chi connectivity index (χ0n) is 7.13. The highest BCUT2D eigenvalue weighted by Crippen LogP contribution is 2.01. The van der Waals surface area contributed by atoms with Gasteiger partial charge in [-0.3, -0.25) is 0 Å². The van der Waals surface area contributed by atoms with Crippen molar-refractivity contribution in [2.24, 2.45) is 0 Å². The molecule has 1 rings (SSSR count). The molecule has 0 aliphatic heterocycles. The summed E-state index contributed by atoms with van der Waals surface area (Å²) in [6.45, 7) is 5.86. The van der Waals surface area contributed by atoms with Crippen LogP contribution in [0.4, 0.5) is 0 Å². The summed E-state index contributed by atoms with van der Waals surface area (Å²) in [5.74, 6) is 0.832. The molecule has 2 nitrogen and oxygen atoms in total. The predicted molar refractivity (Wildman–Crippen MR) is 46.2 cm³/mol.